The molecule has 148 valence electrons. The predicted octanol–water partition coefficient (Wildman–Crippen LogP) is 4.63. The van der Waals surface area contributed by atoms with Crippen molar-refractivity contribution in [2.75, 3.05) is 12.4 Å². The fourth-order valence-corrected chi connectivity index (χ4v) is 2.89. The van der Waals surface area contributed by atoms with Crippen LogP contribution in [0.2, 0.25) is 0 Å². The smallest absolute Gasteiger partial charge is 0.305 e. The van der Waals surface area contributed by atoms with E-state index in [9.17, 15) is 9.59 Å². The van der Waals surface area contributed by atoms with Gasteiger partial charge in [-0.05, 0) is 41.8 Å². The number of ether oxygens (including phenoxy) is 1. The normalized spacial score (nSPS) is 10.8. The molecule has 0 fully saturated rings. The Balaban J connectivity index is 1.60. The summed E-state index contributed by atoms with van der Waals surface area (Å²) in [5, 5.41) is 2.93. The van der Waals surface area contributed by atoms with Gasteiger partial charge in [-0.1, -0.05) is 48.5 Å². The largest absolute Gasteiger partial charge is 0.469 e. The Morgan fingerprint density at radius 3 is 2.55 bits per heavy atom. The summed E-state index contributed by atoms with van der Waals surface area (Å²) >= 11 is 0. The van der Waals surface area contributed by atoms with E-state index in [0.29, 0.717) is 17.9 Å². The van der Waals surface area contributed by atoms with Crippen molar-refractivity contribution in [3.8, 4) is 0 Å². The quantitative estimate of drug-likeness (QED) is 0.451. The molecule has 0 bridgehead atoms. The number of furan rings is 1. The number of methoxy groups -OCH3 is 1. The van der Waals surface area contributed by atoms with Crippen LogP contribution in [0.1, 0.15) is 29.1 Å². The van der Waals surface area contributed by atoms with Crippen LogP contribution in [0.4, 0.5) is 5.69 Å². The summed E-state index contributed by atoms with van der Waals surface area (Å²) in [6, 6.07) is 21.4. The lowest BCUT2D eigenvalue weighted by Gasteiger charge is -2.10. The van der Waals surface area contributed by atoms with Crippen molar-refractivity contribution in [2.24, 2.45) is 0 Å². The van der Waals surface area contributed by atoms with Crippen molar-refractivity contribution in [3.05, 3.63) is 95.5 Å². The number of rotatable bonds is 8. The molecule has 0 saturated carbocycles. The number of hydrogen-bond acceptors (Lipinski definition) is 4. The van der Waals surface area contributed by atoms with Gasteiger partial charge in [0, 0.05) is 18.2 Å². The van der Waals surface area contributed by atoms with Crippen molar-refractivity contribution in [1.82, 2.24) is 0 Å². The lowest BCUT2D eigenvalue weighted by atomic mass is 10.0. The number of hydrogen-bond donors (Lipinski definition) is 1. The highest BCUT2D eigenvalue weighted by Crippen LogP contribution is 2.19. The molecule has 3 aromatic rings. The first-order valence-corrected chi connectivity index (χ1v) is 9.40. The summed E-state index contributed by atoms with van der Waals surface area (Å²) in [5.74, 6) is 0.700. The van der Waals surface area contributed by atoms with E-state index in [1.165, 1.54) is 18.7 Å². The summed E-state index contributed by atoms with van der Waals surface area (Å²) < 4.78 is 10.2. The van der Waals surface area contributed by atoms with Gasteiger partial charge in [0.2, 0.25) is 5.91 Å². The van der Waals surface area contributed by atoms with Crippen LogP contribution in [0.5, 0.6) is 0 Å². The minimum Gasteiger partial charge on any atom is -0.469 e. The van der Waals surface area contributed by atoms with Crippen molar-refractivity contribution >= 4 is 23.6 Å². The molecule has 0 aliphatic carbocycles. The van der Waals surface area contributed by atoms with E-state index in [-0.39, 0.29) is 18.3 Å². The van der Waals surface area contributed by atoms with Crippen LogP contribution in [0.25, 0.3) is 6.08 Å². The van der Waals surface area contributed by atoms with Gasteiger partial charge in [-0.15, -0.1) is 0 Å². The lowest BCUT2D eigenvalue weighted by Crippen LogP contribution is -2.09. The van der Waals surface area contributed by atoms with Gasteiger partial charge in [0.1, 0.15) is 11.5 Å². The molecule has 3 rings (SSSR count). The van der Waals surface area contributed by atoms with Gasteiger partial charge in [0.05, 0.1) is 13.5 Å². The summed E-state index contributed by atoms with van der Waals surface area (Å²) in [7, 11) is 1.36. The van der Waals surface area contributed by atoms with Crippen LogP contribution in [0.15, 0.2) is 77.2 Å². The Hall–Kier alpha value is -3.60. The third-order valence-corrected chi connectivity index (χ3v) is 4.40. The van der Waals surface area contributed by atoms with Crippen LogP contribution in [-0.2, 0) is 27.2 Å². The molecule has 0 aliphatic rings. The van der Waals surface area contributed by atoms with Gasteiger partial charge in [0.25, 0.3) is 0 Å². The van der Waals surface area contributed by atoms with Gasteiger partial charge < -0.3 is 14.5 Å². The Bertz CT molecular complexity index is 989. The number of aryl methyl sites for hydroxylation is 1. The molecule has 0 spiro atoms. The number of benzene rings is 2. The SMILES string of the molecule is COC(=O)CCc1ccc(/C=C/C(=O)Nc2ccccc2Cc2ccccc2)o1. The summed E-state index contributed by atoms with van der Waals surface area (Å²) in [6.07, 6.45) is 4.49. The van der Waals surface area contributed by atoms with Gasteiger partial charge in [0.15, 0.2) is 0 Å². The second-order valence-electron chi connectivity index (χ2n) is 6.52. The van der Waals surface area contributed by atoms with Crippen LogP contribution in [0.3, 0.4) is 0 Å². The summed E-state index contributed by atoms with van der Waals surface area (Å²) in [5.41, 5.74) is 3.01. The van der Waals surface area contributed by atoms with Gasteiger partial charge in [-0.25, -0.2) is 0 Å². The zero-order chi connectivity index (χ0) is 20.5. The molecule has 29 heavy (non-hydrogen) atoms. The van der Waals surface area contributed by atoms with Crippen LogP contribution in [0, 0.1) is 0 Å². The number of esters is 1. The highest BCUT2D eigenvalue weighted by atomic mass is 16.5. The Kier molecular flexibility index (Phi) is 7.00. The van der Waals surface area contributed by atoms with Gasteiger partial charge in [-0.3, -0.25) is 9.59 Å². The molecule has 5 heteroatoms. The fraction of sp³-hybridized carbons (Fsp3) is 0.167. The standard InChI is InChI=1S/C24H23NO4/c1-28-24(27)16-14-21-12-11-20(29-21)13-15-23(26)25-22-10-6-5-9-19(22)17-18-7-3-2-4-8-18/h2-13,15H,14,16-17H2,1H3,(H,25,26)/b15-13+. The summed E-state index contributed by atoms with van der Waals surface area (Å²) in [6.45, 7) is 0. The molecule has 0 saturated heterocycles. The van der Waals surface area contributed by atoms with Crippen LogP contribution < -0.4 is 5.32 Å². The van der Waals surface area contributed by atoms with E-state index in [4.69, 9.17) is 4.42 Å². The van der Waals surface area contributed by atoms with E-state index < -0.39 is 0 Å². The highest BCUT2D eigenvalue weighted by molar-refractivity contribution is 6.02. The number of anilines is 1. The average molecular weight is 389 g/mol. The number of para-hydroxylation sites is 1. The number of carbonyl (C=O) groups excluding carboxylic acids is 2. The third-order valence-electron chi connectivity index (χ3n) is 4.40. The van der Waals surface area contributed by atoms with E-state index in [1.54, 1.807) is 18.2 Å². The monoisotopic (exact) mass is 389 g/mol. The van der Waals surface area contributed by atoms with Gasteiger partial charge in [-0.2, -0.15) is 0 Å². The second-order valence-corrected chi connectivity index (χ2v) is 6.52. The highest BCUT2D eigenvalue weighted by Gasteiger charge is 2.07. The Morgan fingerprint density at radius 1 is 1.00 bits per heavy atom. The molecule has 0 radical (unpaired) electrons. The maximum absolute atomic E-state index is 12.4. The molecule has 1 aromatic heterocycles. The van der Waals surface area contributed by atoms with Crippen molar-refractivity contribution < 1.29 is 18.7 Å². The number of nitrogens with one attached hydrogen (secondary N) is 1. The first-order valence-electron chi connectivity index (χ1n) is 9.40. The van der Waals surface area contributed by atoms with Crippen molar-refractivity contribution in [2.45, 2.75) is 19.3 Å². The van der Waals surface area contributed by atoms with Gasteiger partial charge >= 0.3 is 5.97 Å². The summed E-state index contributed by atoms with van der Waals surface area (Å²) in [4.78, 5) is 23.5. The molecular weight excluding hydrogens is 366 g/mol. The minimum atomic E-state index is -0.285. The van der Waals surface area contributed by atoms with Crippen molar-refractivity contribution in [1.29, 1.82) is 0 Å². The van der Waals surface area contributed by atoms with E-state index in [1.807, 2.05) is 42.5 Å². The average Bonchev–Trinajstić information content (AvgIpc) is 3.20. The first-order chi connectivity index (χ1) is 14.1. The molecule has 5 nitrogen and oxygen atoms in total. The molecule has 2 aromatic carbocycles. The predicted molar refractivity (Wildman–Crippen MR) is 112 cm³/mol. The van der Waals surface area contributed by atoms with E-state index in [2.05, 4.69) is 22.2 Å². The minimum absolute atomic E-state index is 0.238. The lowest BCUT2D eigenvalue weighted by molar-refractivity contribution is -0.140. The molecule has 1 amide bonds. The molecular formula is C24H23NO4. The third kappa shape index (κ3) is 6.21. The second kappa shape index (κ2) is 10.1. The Labute approximate surface area is 170 Å². The molecule has 1 N–H and O–H groups in total. The molecule has 0 atom stereocenters. The van der Waals surface area contributed by atoms with Crippen LogP contribution in [-0.4, -0.2) is 19.0 Å². The zero-order valence-electron chi connectivity index (χ0n) is 16.3. The Morgan fingerprint density at radius 2 is 1.76 bits per heavy atom. The fourth-order valence-electron chi connectivity index (χ4n) is 2.89. The number of carbonyl (C=O) groups is 2. The number of amides is 1. The maximum Gasteiger partial charge on any atom is 0.305 e. The maximum atomic E-state index is 12.4. The van der Waals surface area contributed by atoms with E-state index in [0.717, 1.165) is 17.7 Å². The van der Waals surface area contributed by atoms with Crippen molar-refractivity contribution in [3.63, 3.8) is 0 Å². The zero-order valence-corrected chi connectivity index (χ0v) is 16.3. The topological polar surface area (TPSA) is 68.5 Å². The molecule has 0 aliphatic heterocycles. The molecule has 0 unspecified atom stereocenters. The molecule has 1 heterocycles. The van der Waals surface area contributed by atoms with Crippen LogP contribution >= 0.6 is 0 Å². The first kappa shape index (κ1) is 20.1. The van der Waals surface area contributed by atoms with E-state index >= 15 is 0 Å².